The van der Waals surface area contributed by atoms with E-state index in [1.54, 1.807) is 7.11 Å². The van der Waals surface area contributed by atoms with Crippen LogP contribution in [0.5, 0.6) is 0 Å². The predicted octanol–water partition coefficient (Wildman–Crippen LogP) is -0.781. The lowest BCUT2D eigenvalue weighted by atomic mass is 9.96. The quantitative estimate of drug-likeness (QED) is 0.573. The van der Waals surface area contributed by atoms with Gasteiger partial charge in [0.15, 0.2) is 0 Å². The number of hydrogen-bond acceptors (Lipinski definition) is 4. The van der Waals surface area contributed by atoms with Crippen LogP contribution in [0.3, 0.4) is 0 Å². The Morgan fingerprint density at radius 1 is 1.69 bits per heavy atom. The molecule has 3 fully saturated rings. The molecule has 74 valence electrons. The second-order valence-corrected chi connectivity index (χ2v) is 4.29. The normalized spacial score (nSPS) is 53.5. The molecule has 0 aromatic rings. The minimum atomic E-state index is -0.220. The van der Waals surface area contributed by atoms with Gasteiger partial charge in [0.1, 0.15) is 11.7 Å². The summed E-state index contributed by atoms with van der Waals surface area (Å²) in [5, 5.41) is 9.81. The first kappa shape index (κ1) is 8.17. The molecule has 0 spiro atoms. The highest BCUT2D eigenvalue weighted by atomic mass is 16.6. The summed E-state index contributed by atoms with van der Waals surface area (Å²) < 4.78 is 10.8. The van der Waals surface area contributed by atoms with Crippen molar-refractivity contribution in [1.82, 2.24) is 4.90 Å². The average molecular weight is 185 g/mol. The molecule has 0 radical (unpaired) electrons. The van der Waals surface area contributed by atoms with Gasteiger partial charge in [-0.15, -0.1) is 0 Å². The van der Waals surface area contributed by atoms with Crippen molar-refractivity contribution in [2.45, 2.75) is 30.3 Å². The van der Waals surface area contributed by atoms with Gasteiger partial charge >= 0.3 is 0 Å². The van der Waals surface area contributed by atoms with Crippen LogP contribution in [0.1, 0.15) is 6.42 Å². The molecule has 0 saturated carbocycles. The van der Waals surface area contributed by atoms with E-state index < -0.39 is 0 Å². The summed E-state index contributed by atoms with van der Waals surface area (Å²) in [5.74, 6) is 0. The Bertz CT molecular complexity index is 235. The van der Waals surface area contributed by atoms with Crippen molar-refractivity contribution in [2.75, 3.05) is 26.8 Å². The topological polar surface area (TPSA) is 45.2 Å². The maximum atomic E-state index is 9.81. The van der Waals surface area contributed by atoms with Gasteiger partial charge in [-0.3, -0.25) is 4.90 Å². The van der Waals surface area contributed by atoms with Gasteiger partial charge in [-0.05, 0) is 6.42 Å². The molecular formula is C9H15NO3. The maximum Gasteiger partial charge on any atom is 0.137 e. The lowest BCUT2D eigenvalue weighted by molar-refractivity contribution is 0.0181. The fourth-order valence-corrected chi connectivity index (χ4v) is 3.01. The molecule has 4 heteroatoms. The molecular weight excluding hydrogens is 170 g/mol. The molecule has 13 heavy (non-hydrogen) atoms. The van der Waals surface area contributed by atoms with E-state index in [0.717, 1.165) is 19.5 Å². The van der Waals surface area contributed by atoms with Crippen LogP contribution < -0.4 is 0 Å². The highest BCUT2D eigenvalue weighted by molar-refractivity contribution is 5.21. The maximum absolute atomic E-state index is 9.81. The Morgan fingerprint density at radius 3 is 3.31 bits per heavy atom. The van der Waals surface area contributed by atoms with E-state index in [0.29, 0.717) is 12.7 Å². The lowest BCUT2D eigenvalue weighted by Gasteiger charge is -2.25. The zero-order valence-corrected chi connectivity index (χ0v) is 7.77. The number of hydrogen-bond donors (Lipinski definition) is 1. The third-order valence-electron chi connectivity index (χ3n) is 3.59. The fraction of sp³-hybridized carbons (Fsp3) is 1.00. The number of ether oxygens (including phenoxy) is 2. The zero-order chi connectivity index (χ0) is 9.05. The highest BCUT2D eigenvalue weighted by Gasteiger charge is 2.71. The van der Waals surface area contributed by atoms with Crippen LogP contribution in [0.25, 0.3) is 0 Å². The van der Waals surface area contributed by atoms with E-state index in [4.69, 9.17) is 9.47 Å². The summed E-state index contributed by atoms with van der Waals surface area (Å²) in [6, 6.07) is 0.192. The van der Waals surface area contributed by atoms with Gasteiger partial charge in [0.25, 0.3) is 0 Å². The molecule has 0 bridgehead atoms. The van der Waals surface area contributed by atoms with Crippen LogP contribution in [0.15, 0.2) is 0 Å². The smallest absolute Gasteiger partial charge is 0.137 e. The average Bonchev–Trinajstić information content (AvgIpc) is 2.53. The van der Waals surface area contributed by atoms with Crippen molar-refractivity contribution in [3.8, 4) is 0 Å². The number of methoxy groups -OCH3 is 1. The van der Waals surface area contributed by atoms with Crippen LogP contribution in [-0.4, -0.2) is 60.7 Å². The second kappa shape index (κ2) is 2.45. The van der Waals surface area contributed by atoms with Crippen LogP contribution in [0.4, 0.5) is 0 Å². The molecule has 4 nitrogen and oxygen atoms in total. The molecule has 0 aromatic carbocycles. The first-order valence-corrected chi connectivity index (χ1v) is 4.87. The van der Waals surface area contributed by atoms with Gasteiger partial charge < -0.3 is 14.6 Å². The molecule has 0 aliphatic carbocycles. The number of fused-ring (bicyclic) bond motifs is 3. The van der Waals surface area contributed by atoms with Crippen molar-refractivity contribution in [1.29, 1.82) is 0 Å². The molecule has 3 aliphatic heterocycles. The van der Waals surface area contributed by atoms with E-state index in [2.05, 4.69) is 4.90 Å². The Morgan fingerprint density at radius 2 is 2.54 bits per heavy atom. The van der Waals surface area contributed by atoms with Gasteiger partial charge in [-0.25, -0.2) is 0 Å². The SMILES string of the molecule is COC[C@@]12O[C@@H]1CN1CCC(O)[C@@H]12. The Kier molecular flexibility index (Phi) is 1.54. The van der Waals surface area contributed by atoms with Crippen molar-refractivity contribution in [3.63, 3.8) is 0 Å². The summed E-state index contributed by atoms with van der Waals surface area (Å²) >= 11 is 0. The predicted molar refractivity (Wildman–Crippen MR) is 45.5 cm³/mol. The van der Waals surface area contributed by atoms with Crippen LogP contribution in [0.2, 0.25) is 0 Å². The third-order valence-corrected chi connectivity index (χ3v) is 3.59. The fourth-order valence-electron chi connectivity index (χ4n) is 3.01. The Labute approximate surface area is 77.4 Å². The first-order chi connectivity index (χ1) is 6.28. The molecule has 3 saturated heterocycles. The van der Waals surface area contributed by atoms with Crippen molar-refractivity contribution in [2.24, 2.45) is 0 Å². The van der Waals surface area contributed by atoms with E-state index >= 15 is 0 Å². The van der Waals surface area contributed by atoms with Crippen molar-refractivity contribution >= 4 is 0 Å². The lowest BCUT2D eigenvalue weighted by Crippen LogP contribution is -2.44. The first-order valence-electron chi connectivity index (χ1n) is 4.87. The second-order valence-electron chi connectivity index (χ2n) is 4.29. The number of rotatable bonds is 2. The van der Waals surface area contributed by atoms with Crippen molar-refractivity contribution in [3.05, 3.63) is 0 Å². The van der Waals surface area contributed by atoms with E-state index in [1.165, 1.54) is 0 Å². The van der Waals surface area contributed by atoms with Gasteiger partial charge in [-0.2, -0.15) is 0 Å². The van der Waals surface area contributed by atoms with E-state index in [9.17, 15) is 5.11 Å². The molecule has 3 rings (SSSR count). The minimum Gasteiger partial charge on any atom is -0.391 e. The largest absolute Gasteiger partial charge is 0.391 e. The Balaban J connectivity index is 1.84. The van der Waals surface area contributed by atoms with Crippen LogP contribution >= 0.6 is 0 Å². The molecule has 0 amide bonds. The van der Waals surface area contributed by atoms with Gasteiger partial charge in [0, 0.05) is 20.2 Å². The number of aliphatic hydroxyl groups is 1. The van der Waals surface area contributed by atoms with Crippen LogP contribution in [-0.2, 0) is 9.47 Å². The standard InChI is InChI=1S/C9H15NO3/c1-12-5-9-7(13-9)4-10-3-2-6(11)8(9)10/h6-8,11H,2-5H2,1H3/t6?,7-,8-,9-/m1/s1. The van der Waals surface area contributed by atoms with Crippen LogP contribution in [0, 0.1) is 0 Å². The number of epoxide rings is 1. The summed E-state index contributed by atoms with van der Waals surface area (Å²) in [4.78, 5) is 2.33. The molecule has 0 aromatic heterocycles. The van der Waals surface area contributed by atoms with E-state index in [-0.39, 0.29) is 17.7 Å². The highest BCUT2D eigenvalue weighted by Crippen LogP contribution is 2.51. The molecule has 3 aliphatic rings. The molecule has 4 atom stereocenters. The van der Waals surface area contributed by atoms with Gasteiger partial charge in [0.05, 0.1) is 18.8 Å². The Hall–Kier alpha value is -0.160. The minimum absolute atomic E-state index is 0.162. The third kappa shape index (κ3) is 0.892. The monoisotopic (exact) mass is 185 g/mol. The number of aliphatic hydroxyl groups excluding tert-OH is 1. The van der Waals surface area contributed by atoms with E-state index in [1.807, 2.05) is 0 Å². The van der Waals surface area contributed by atoms with Crippen molar-refractivity contribution < 1.29 is 14.6 Å². The van der Waals surface area contributed by atoms with Gasteiger partial charge in [0.2, 0.25) is 0 Å². The number of morpholine rings is 1. The molecule has 3 heterocycles. The summed E-state index contributed by atoms with van der Waals surface area (Å²) in [6.45, 7) is 2.61. The zero-order valence-electron chi connectivity index (χ0n) is 7.77. The molecule has 1 unspecified atom stereocenters. The molecule has 1 N–H and O–H groups in total. The van der Waals surface area contributed by atoms with Gasteiger partial charge in [-0.1, -0.05) is 0 Å². The summed E-state index contributed by atoms with van der Waals surface area (Å²) in [5.41, 5.74) is -0.162. The summed E-state index contributed by atoms with van der Waals surface area (Å²) in [7, 11) is 1.69. The summed E-state index contributed by atoms with van der Waals surface area (Å²) in [6.07, 6.45) is 0.974. The number of nitrogens with zero attached hydrogens (tertiary/aromatic N) is 1.